The highest BCUT2D eigenvalue weighted by Gasteiger charge is 2.18. The molecule has 9 heteroatoms. The molecule has 2 aromatic heterocycles. The van der Waals surface area contributed by atoms with Gasteiger partial charge < -0.3 is 14.2 Å². The third kappa shape index (κ3) is 4.57. The lowest BCUT2D eigenvalue weighted by atomic mass is 10.1. The van der Waals surface area contributed by atoms with Crippen molar-refractivity contribution < 1.29 is 22.0 Å². The maximum Gasteiger partial charge on any atom is 0.336 e. The van der Waals surface area contributed by atoms with Crippen molar-refractivity contribution in [1.29, 1.82) is 0 Å². The van der Waals surface area contributed by atoms with Crippen molar-refractivity contribution in [3.05, 3.63) is 94.2 Å². The Morgan fingerprint density at radius 2 is 1.87 bits per heavy atom. The first-order chi connectivity index (χ1) is 14.8. The van der Waals surface area contributed by atoms with Gasteiger partial charge in [0, 0.05) is 22.7 Å². The predicted molar refractivity (Wildman–Crippen MR) is 114 cm³/mol. The molecule has 0 fully saturated rings. The molecule has 0 atom stereocenters. The summed E-state index contributed by atoms with van der Waals surface area (Å²) in [7, 11) is -3.85. The van der Waals surface area contributed by atoms with Crippen molar-refractivity contribution in [2.45, 2.75) is 18.4 Å². The van der Waals surface area contributed by atoms with E-state index in [1.165, 1.54) is 24.5 Å². The van der Waals surface area contributed by atoms with Gasteiger partial charge >= 0.3 is 5.63 Å². The summed E-state index contributed by atoms with van der Waals surface area (Å²) in [5, 5.41) is 3.40. The Balaban J connectivity index is 1.56. The first-order valence-corrected chi connectivity index (χ1v) is 10.8. The smallest absolute Gasteiger partial charge is 0.336 e. The summed E-state index contributed by atoms with van der Waals surface area (Å²) >= 11 is 0. The summed E-state index contributed by atoms with van der Waals surface area (Å²) in [5.74, 6) is 0.0121. The van der Waals surface area contributed by atoms with Crippen molar-refractivity contribution in [2.24, 2.45) is 0 Å². The molecule has 0 spiro atoms. The summed E-state index contributed by atoms with van der Waals surface area (Å²) in [6.07, 6.45) is 1.46. The number of nitrogens with one attached hydrogen (secondary N) is 2. The number of aryl methyl sites for hydroxylation is 1. The zero-order chi connectivity index (χ0) is 22.0. The first-order valence-electron chi connectivity index (χ1n) is 9.30. The Labute approximate surface area is 177 Å². The number of benzene rings is 2. The number of rotatable bonds is 6. The lowest BCUT2D eigenvalue weighted by molar-refractivity contribution is 0.102. The van der Waals surface area contributed by atoms with E-state index in [0.717, 1.165) is 0 Å². The van der Waals surface area contributed by atoms with Crippen LogP contribution in [0.1, 0.15) is 21.7 Å². The van der Waals surface area contributed by atoms with E-state index in [1.54, 1.807) is 49.4 Å². The molecule has 2 aromatic carbocycles. The quantitative estimate of drug-likeness (QED) is 0.445. The minimum absolute atomic E-state index is 0.00203. The molecule has 0 aliphatic carbocycles. The van der Waals surface area contributed by atoms with Gasteiger partial charge in [-0.05, 0) is 61.0 Å². The Kier molecular flexibility index (Phi) is 5.45. The van der Waals surface area contributed by atoms with Gasteiger partial charge in [0.1, 0.15) is 11.3 Å². The molecular formula is C22H18N2O6S. The van der Waals surface area contributed by atoms with Crippen LogP contribution in [0, 0.1) is 6.92 Å². The molecule has 0 saturated heterocycles. The highest BCUT2D eigenvalue weighted by Crippen LogP contribution is 2.21. The summed E-state index contributed by atoms with van der Waals surface area (Å²) in [6.45, 7) is 1.72. The van der Waals surface area contributed by atoms with Gasteiger partial charge in [-0.3, -0.25) is 4.79 Å². The van der Waals surface area contributed by atoms with Crippen LogP contribution in [0.2, 0.25) is 0 Å². The monoisotopic (exact) mass is 438 g/mol. The third-order valence-electron chi connectivity index (χ3n) is 4.66. The van der Waals surface area contributed by atoms with Crippen LogP contribution >= 0.6 is 0 Å². The SMILES string of the molecule is Cc1ccc(S(=O)(=O)NCc2ccco2)cc1C(=O)Nc1ccc2oc(=O)ccc2c1. The van der Waals surface area contributed by atoms with E-state index in [0.29, 0.717) is 28.0 Å². The van der Waals surface area contributed by atoms with E-state index in [2.05, 4.69) is 10.0 Å². The summed E-state index contributed by atoms with van der Waals surface area (Å²) in [6, 6.07) is 15.4. The van der Waals surface area contributed by atoms with Crippen LogP contribution in [0.3, 0.4) is 0 Å². The van der Waals surface area contributed by atoms with E-state index >= 15 is 0 Å². The average molecular weight is 438 g/mol. The standard InChI is InChI=1S/C22H18N2O6S/c1-14-4-7-18(31(27,28)23-13-17-3-2-10-29-17)12-19(14)22(26)24-16-6-8-20-15(11-16)5-9-21(25)30-20/h2-12,23H,13H2,1H3,(H,24,26). The van der Waals surface area contributed by atoms with E-state index in [-0.39, 0.29) is 17.0 Å². The van der Waals surface area contributed by atoms with Gasteiger partial charge in [0.2, 0.25) is 10.0 Å². The number of hydrogen-bond donors (Lipinski definition) is 2. The summed E-state index contributed by atoms with van der Waals surface area (Å²) in [5.41, 5.74) is 1.26. The Morgan fingerprint density at radius 3 is 2.65 bits per heavy atom. The molecule has 8 nitrogen and oxygen atoms in total. The van der Waals surface area contributed by atoms with Crippen molar-refractivity contribution in [1.82, 2.24) is 4.72 Å². The molecule has 4 aromatic rings. The largest absolute Gasteiger partial charge is 0.468 e. The van der Waals surface area contributed by atoms with E-state index < -0.39 is 21.6 Å². The maximum atomic E-state index is 12.8. The lowest BCUT2D eigenvalue weighted by Crippen LogP contribution is -2.24. The van der Waals surface area contributed by atoms with Gasteiger partial charge in [-0.2, -0.15) is 0 Å². The fraction of sp³-hybridized carbons (Fsp3) is 0.0909. The topological polar surface area (TPSA) is 119 Å². The van der Waals surface area contributed by atoms with Gasteiger partial charge in [-0.25, -0.2) is 17.9 Å². The number of sulfonamides is 1. The van der Waals surface area contributed by atoms with Gasteiger partial charge in [-0.1, -0.05) is 6.07 Å². The molecule has 0 bridgehead atoms. The third-order valence-corrected chi connectivity index (χ3v) is 6.06. The van der Waals surface area contributed by atoms with Crippen molar-refractivity contribution in [3.63, 3.8) is 0 Å². The lowest BCUT2D eigenvalue weighted by Gasteiger charge is -2.11. The van der Waals surface area contributed by atoms with Crippen LogP contribution in [-0.2, 0) is 16.6 Å². The molecule has 0 saturated carbocycles. The second kappa shape index (κ2) is 8.21. The highest BCUT2D eigenvalue weighted by atomic mass is 32.2. The van der Waals surface area contributed by atoms with Crippen LogP contribution in [0.25, 0.3) is 11.0 Å². The number of carbonyl (C=O) groups is 1. The maximum absolute atomic E-state index is 12.8. The molecule has 0 aliphatic rings. The Bertz CT molecular complexity index is 1420. The number of furan rings is 1. The molecule has 2 N–H and O–H groups in total. The number of hydrogen-bond acceptors (Lipinski definition) is 6. The number of fused-ring (bicyclic) bond motifs is 1. The van der Waals surface area contributed by atoms with E-state index in [4.69, 9.17) is 8.83 Å². The molecular weight excluding hydrogens is 420 g/mol. The summed E-state index contributed by atoms with van der Waals surface area (Å²) < 4.78 is 37.9. The molecule has 0 aliphatic heterocycles. The van der Waals surface area contributed by atoms with Crippen molar-refractivity contribution in [3.8, 4) is 0 Å². The predicted octanol–water partition coefficient (Wildman–Crippen LogP) is 3.43. The second-order valence-corrected chi connectivity index (χ2v) is 8.61. The van der Waals surface area contributed by atoms with E-state index in [9.17, 15) is 18.0 Å². The molecule has 0 unspecified atom stereocenters. The van der Waals surface area contributed by atoms with Gasteiger partial charge in [0.25, 0.3) is 5.91 Å². The fourth-order valence-electron chi connectivity index (χ4n) is 3.02. The van der Waals surface area contributed by atoms with Crippen LogP contribution in [0.4, 0.5) is 5.69 Å². The molecule has 158 valence electrons. The highest BCUT2D eigenvalue weighted by molar-refractivity contribution is 7.89. The normalized spacial score (nSPS) is 11.5. The first kappa shape index (κ1) is 20.6. The average Bonchev–Trinajstić information content (AvgIpc) is 3.26. The minimum Gasteiger partial charge on any atom is -0.468 e. The van der Waals surface area contributed by atoms with Gasteiger partial charge in [-0.15, -0.1) is 0 Å². The van der Waals surface area contributed by atoms with Gasteiger partial charge in [0.05, 0.1) is 17.7 Å². The van der Waals surface area contributed by atoms with Crippen LogP contribution in [0.5, 0.6) is 0 Å². The van der Waals surface area contributed by atoms with Crippen molar-refractivity contribution >= 4 is 32.6 Å². The number of carbonyl (C=O) groups excluding carboxylic acids is 1. The van der Waals surface area contributed by atoms with Crippen LogP contribution in [0.15, 0.2) is 85.5 Å². The number of anilines is 1. The Morgan fingerprint density at radius 1 is 1.03 bits per heavy atom. The van der Waals surface area contributed by atoms with Crippen LogP contribution < -0.4 is 15.7 Å². The van der Waals surface area contributed by atoms with Crippen LogP contribution in [-0.4, -0.2) is 14.3 Å². The van der Waals surface area contributed by atoms with E-state index in [1.807, 2.05) is 0 Å². The Hall–Kier alpha value is -3.69. The molecule has 4 rings (SSSR count). The fourth-order valence-corrected chi connectivity index (χ4v) is 4.04. The molecule has 0 radical (unpaired) electrons. The molecule has 31 heavy (non-hydrogen) atoms. The number of amides is 1. The molecule has 2 heterocycles. The zero-order valence-electron chi connectivity index (χ0n) is 16.4. The van der Waals surface area contributed by atoms with Crippen molar-refractivity contribution in [2.75, 3.05) is 5.32 Å². The second-order valence-electron chi connectivity index (χ2n) is 6.84. The minimum atomic E-state index is -3.85. The molecule has 1 amide bonds. The summed E-state index contributed by atoms with van der Waals surface area (Å²) in [4.78, 5) is 24.1. The zero-order valence-corrected chi connectivity index (χ0v) is 17.2. The van der Waals surface area contributed by atoms with Gasteiger partial charge in [0.15, 0.2) is 0 Å².